The molecule has 1 N–H and O–H groups in total. The average molecular weight is 273 g/mol. The first-order chi connectivity index (χ1) is 8.52. The van der Waals surface area contributed by atoms with Crippen molar-refractivity contribution in [2.45, 2.75) is 25.2 Å². The van der Waals surface area contributed by atoms with Gasteiger partial charge in [-0.1, -0.05) is 11.6 Å². The van der Waals surface area contributed by atoms with E-state index in [-0.39, 0.29) is 24.0 Å². The van der Waals surface area contributed by atoms with Crippen LogP contribution in [0.15, 0.2) is 12.1 Å². The van der Waals surface area contributed by atoms with Crippen molar-refractivity contribution in [3.05, 3.63) is 28.5 Å². The van der Waals surface area contributed by atoms with E-state index in [0.29, 0.717) is 10.6 Å². The van der Waals surface area contributed by atoms with E-state index in [9.17, 15) is 9.18 Å². The summed E-state index contributed by atoms with van der Waals surface area (Å²) in [6.45, 7) is 0. The Bertz CT molecular complexity index is 472. The molecule has 2 rings (SSSR count). The number of halogens is 2. The number of carboxylic acids is 1. The molecule has 0 bridgehead atoms. The molecule has 0 aliphatic heterocycles. The van der Waals surface area contributed by atoms with Crippen LogP contribution in [0.2, 0.25) is 5.02 Å². The molecule has 0 amide bonds. The number of aliphatic carboxylic acids is 1. The van der Waals surface area contributed by atoms with Crippen LogP contribution >= 0.6 is 11.6 Å². The second kappa shape index (κ2) is 5.14. The molecular formula is C13H14ClFO3. The fourth-order valence-electron chi connectivity index (χ4n) is 2.22. The highest BCUT2D eigenvalue weighted by molar-refractivity contribution is 6.30. The van der Waals surface area contributed by atoms with Crippen LogP contribution in [-0.2, 0) is 4.79 Å². The zero-order chi connectivity index (χ0) is 13.3. The first kappa shape index (κ1) is 13.1. The lowest BCUT2D eigenvalue weighted by Gasteiger charge is -2.17. The largest absolute Gasteiger partial charge is 0.494 e. The SMILES string of the molecule is COc1cc(Cl)cc(C(CC(=O)O)C2CC2)c1F. The molecule has 1 unspecified atom stereocenters. The molecule has 0 heterocycles. The highest BCUT2D eigenvalue weighted by Gasteiger charge is 2.36. The molecule has 1 aliphatic carbocycles. The van der Waals surface area contributed by atoms with Crippen molar-refractivity contribution < 1.29 is 19.0 Å². The van der Waals surface area contributed by atoms with Gasteiger partial charge in [0.15, 0.2) is 11.6 Å². The minimum absolute atomic E-state index is 0.0635. The van der Waals surface area contributed by atoms with E-state index in [2.05, 4.69) is 0 Å². The fourth-order valence-corrected chi connectivity index (χ4v) is 2.44. The normalized spacial score (nSPS) is 16.4. The summed E-state index contributed by atoms with van der Waals surface area (Å²) < 4.78 is 19.1. The van der Waals surface area contributed by atoms with Crippen molar-refractivity contribution in [3.63, 3.8) is 0 Å². The standard InChI is InChI=1S/C13H14ClFO3/c1-18-11-5-8(14)4-10(13(11)15)9(6-12(16)17)7-2-3-7/h4-5,7,9H,2-3,6H2,1H3,(H,16,17). The number of carboxylic acid groups (broad SMARTS) is 1. The van der Waals surface area contributed by atoms with Crippen LogP contribution in [-0.4, -0.2) is 18.2 Å². The summed E-state index contributed by atoms with van der Waals surface area (Å²) in [6.07, 6.45) is 1.80. The van der Waals surface area contributed by atoms with Crippen LogP contribution in [0.25, 0.3) is 0 Å². The summed E-state index contributed by atoms with van der Waals surface area (Å²) >= 11 is 5.91. The van der Waals surface area contributed by atoms with E-state index in [1.54, 1.807) is 0 Å². The van der Waals surface area contributed by atoms with Gasteiger partial charge in [-0.05, 0) is 30.4 Å². The zero-order valence-corrected chi connectivity index (χ0v) is 10.7. The summed E-state index contributed by atoms with van der Waals surface area (Å²) in [5.74, 6) is -1.45. The smallest absolute Gasteiger partial charge is 0.303 e. The van der Waals surface area contributed by atoms with Gasteiger partial charge in [0.2, 0.25) is 0 Å². The minimum Gasteiger partial charge on any atom is -0.494 e. The van der Waals surface area contributed by atoms with E-state index in [0.717, 1.165) is 12.8 Å². The van der Waals surface area contributed by atoms with Gasteiger partial charge in [-0.25, -0.2) is 4.39 Å². The number of hydrogen-bond acceptors (Lipinski definition) is 2. The monoisotopic (exact) mass is 272 g/mol. The lowest BCUT2D eigenvalue weighted by Crippen LogP contribution is -2.11. The lowest BCUT2D eigenvalue weighted by molar-refractivity contribution is -0.137. The van der Waals surface area contributed by atoms with E-state index >= 15 is 0 Å². The van der Waals surface area contributed by atoms with Gasteiger partial charge in [0.1, 0.15) is 0 Å². The van der Waals surface area contributed by atoms with Gasteiger partial charge in [-0.15, -0.1) is 0 Å². The number of carbonyl (C=O) groups is 1. The average Bonchev–Trinajstić information content (AvgIpc) is 3.12. The molecule has 18 heavy (non-hydrogen) atoms. The quantitative estimate of drug-likeness (QED) is 0.893. The molecule has 0 saturated heterocycles. The van der Waals surface area contributed by atoms with E-state index in [1.807, 2.05) is 0 Å². The second-order valence-electron chi connectivity index (χ2n) is 4.55. The van der Waals surface area contributed by atoms with Gasteiger partial charge in [0, 0.05) is 17.0 Å². The van der Waals surface area contributed by atoms with Crippen LogP contribution < -0.4 is 4.74 Å². The second-order valence-corrected chi connectivity index (χ2v) is 4.99. The maximum atomic E-state index is 14.2. The predicted octanol–water partition coefficient (Wildman–Crippen LogP) is 3.46. The van der Waals surface area contributed by atoms with Gasteiger partial charge in [-0.2, -0.15) is 0 Å². The van der Waals surface area contributed by atoms with Crippen molar-refractivity contribution in [2.24, 2.45) is 5.92 Å². The molecule has 1 aromatic carbocycles. The topological polar surface area (TPSA) is 46.5 Å². The predicted molar refractivity (Wildman–Crippen MR) is 65.7 cm³/mol. The van der Waals surface area contributed by atoms with Crippen LogP contribution in [0.1, 0.15) is 30.7 Å². The Balaban J connectivity index is 2.40. The Labute approximate surface area is 110 Å². The molecule has 3 nitrogen and oxygen atoms in total. The number of methoxy groups -OCH3 is 1. The third kappa shape index (κ3) is 2.75. The van der Waals surface area contributed by atoms with Gasteiger partial charge in [0.25, 0.3) is 0 Å². The van der Waals surface area contributed by atoms with Crippen LogP contribution in [0, 0.1) is 11.7 Å². The van der Waals surface area contributed by atoms with E-state index < -0.39 is 11.8 Å². The van der Waals surface area contributed by atoms with Gasteiger partial charge in [0.05, 0.1) is 13.5 Å². The van der Waals surface area contributed by atoms with Crippen LogP contribution in [0.4, 0.5) is 4.39 Å². The fraction of sp³-hybridized carbons (Fsp3) is 0.462. The molecule has 1 fully saturated rings. The Morgan fingerprint density at radius 3 is 2.78 bits per heavy atom. The highest BCUT2D eigenvalue weighted by Crippen LogP contribution is 2.46. The van der Waals surface area contributed by atoms with E-state index in [1.165, 1.54) is 19.2 Å². The van der Waals surface area contributed by atoms with Crippen LogP contribution in [0.3, 0.4) is 0 Å². The van der Waals surface area contributed by atoms with Crippen molar-refractivity contribution in [1.82, 2.24) is 0 Å². The number of benzene rings is 1. The summed E-state index contributed by atoms with van der Waals surface area (Å²) in [7, 11) is 1.36. The third-order valence-corrected chi connectivity index (χ3v) is 3.46. The minimum atomic E-state index is -0.926. The Hall–Kier alpha value is -1.29. The maximum Gasteiger partial charge on any atom is 0.303 e. The molecular weight excluding hydrogens is 259 g/mol. The third-order valence-electron chi connectivity index (χ3n) is 3.24. The molecule has 0 aromatic heterocycles. The van der Waals surface area contributed by atoms with Gasteiger partial charge in [-0.3, -0.25) is 4.79 Å². The first-order valence-corrected chi connectivity index (χ1v) is 6.15. The van der Waals surface area contributed by atoms with Crippen molar-refractivity contribution in [1.29, 1.82) is 0 Å². The molecule has 1 aliphatic rings. The lowest BCUT2D eigenvalue weighted by atomic mass is 9.90. The van der Waals surface area contributed by atoms with Crippen molar-refractivity contribution >= 4 is 17.6 Å². The number of ether oxygens (including phenoxy) is 1. The first-order valence-electron chi connectivity index (χ1n) is 5.77. The van der Waals surface area contributed by atoms with Crippen molar-refractivity contribution in [3.8, 4) is 5.75 Å². The Morgan fingerprint density at radius 1 is 1.61 bits per heavy atom. The molecule has 0 spiro atoms. The number of rotatable bonds is 5. The molecule has 1 aromatic rings. The van der Waals surface area contributed by atoms with E-state index in [4.69, 9.17) is 21.4 Å². The summed E-state index contributed by atoms with van der Waals surface area (Å²) in [6, 6.07) is 2.90. The highest BCUT2D eigenvalue weighted by atomic mass is 35.5. The number of hydrogen-bond donors (Lipinski definition) is 1. The summed E-state index contributed by atoms with van der Waals surface area (Å²) in [4.78, 5) is 10.9. The van der Waals surface area contributed by atoms with Crippen molar-refractivity contribution in [2.75, 3.05) is 7.11 Å². The maximum absolute atomic E-state index is 14.2. The van der Waals surface area contributed by atoms with Gasteiger partial charge >= 0.3 is 5.97 Å². The van der Waals surface area contributed by atoms with Crippen LogP contribution in [0.5, 0.6) is 5.75 Å². The zero-order valence-electron chi connectivity index (χ0n) is 9.95. The molecule has 1 saturated carbocycles. The summed E-state index contributed by atoms with van der Waals surface area (Å²) in [5, 5.41) is 9.28. The molecule has 1 atom stereocenters. The summed E-state index contributed by atoms with van der Waals surface area (Å²) in [5.41, 5.74) is 0.351. The molecule has 98 valence electrons. The van der Waals surface area contributed by atoms with Gasteiger partial charge < -0.3 is 9.84 Å². The Kier molecular flexibility index (Phi) is 3.76. The Morgan fingerprint density at radius 2 is 2.28 bits per heavy atom. The molecule has 5 heteroatoms. The molecule has 0 radical (unpaired) electrons.